The molecule has 0 N–H and O–H groups in total. The van der Waals surface area contributed by atoms with Crippen LogP contribution in [-0.2, 0) is 4.74 Å². The number of carbonyl (C=O) groups excluding carboxylic acids is 2. The maximum atomic E-state index is 12.0. The molecule has 106 valence electrons. The average molecular weight is 353 g/mol. The number of rotatable bonds is 3. The molecule has 8 heteroatoms. The van der Waals surface area contributed by atoms with Gasteiger partial charge in [0, 0.05) is 17.1 Å². The van der Waals surface area contributed by atoms with Crippen LogP contribution in [0.15, 0.2) is 29.1 Å². The summed E-state index contributed by atoms with van der Waals surface area (Å²) in [5, 5.41) is 3.66. The molecule has 0 radical (unpaired) electrons. The molecule has 0 aliphatic carbocycles. The zero-order valence-corrected chi connectivity index (χ0v) is 13.2. The highest BCUT2D eigenvalue weighted by Crippen LogP contribution is 2.31. The Kier molecular flexibility index (Phi) is 4.44. The molecule has 0 aliphatic heterocycles. The summed E-state index contributed by atoms with van der Waals surface area (Å²) in [5.41, 5.74) is 1.03. The molecule has 0 saturated carbocycles. The third kappa shape index (κ3) is 3.01. The summed E-state index contributed by atoms with van der Waals surface area (Å²) in [5.74, 6) is -1.29. The number of nitrogens with zero attached hydrogens (tertiary/aromatic N) is 1. The number of aromatic nitrogens is 1. The summed E-state index contributed by atoms with van der Waals surface area (Å²) in [7, 11) is 1.25. The fraction of sp³-hybridized carbons (Fsp3) is 0.167. The van der Waals surface area contributed by atoms with E-state index in [9.17, 15) is 9.59 Å². The fourth-order valence-electron chi connectivity index (χ4n) is 1.62. The van der Waals surface area contributed by atoms with Gasteiger partial charge in [-0.25, -0.2) is 4.79 Å². The van der Waals surface area contributed by atoms with Crippen LogP contribution < -0.4 is 0 Å². The van der Waals surface area contributed by atoms with E-state index in [1.807, 2.05) is 10.8 Å². The fourth-order valence-corrected chi connectivity index (χ4v) is 2.58. The molecule has 20 heavy (non-hydrogen) atoms. The van der Waals surface area contributed by atoms with Crippen LogP contribution in [0.1, 0.15) is 20.8 Å². The summed E-state index contributed by atoms with van der Waals surface area (Å²) in [6.45, 7) is 0. The third-order valence-corrected chi connectivity index (χ3v) is 3.70. The van der Waals surface area contributed by atoms with Gasteiger partial charge in [0.2, 0.25) is 5.78 Å². The SMILES string of the molecule is COC(=O)c1cc(C(=O)C(Cl)(Cl)Cl)cn1-c1ccsc1. The van der Waals surface area contributed by atoms with Gasteiger partial charge in [0.25, 0.3) is 3.79 Å². The maximum absolute atomic E-state index is 12.0. The van der Waals surface area contributed by atoms with Gasteiger partial charge in [0.05, 0.1) is 12.8 Å². The van der Waals surface area contributed by atoms with Crippen molar-refractivity contribution < 1.29 is 14.3 Å². The first-order valence-electron chi connectivity index (χ1n) is 5.29. The Balaban J connectivity index is 2.54. The molecule has 2 aromatic heterocycles. The van der Waals surface area contributed by atoms with Gasteiger partial charge >= 0.3 is 5.97 Å². The molecular weight excluding hydrogens is 345 g/mol. The van der Waals surface area contributed by atoms with Crippen molar-refractivity contribution in [3.8, 4) is 5.69 Å². The Labute approximate surface area is 133 Å². The van der Waals surface area contributed by atoms with Crippen molar-refractivity contribution in [3.63, 3.8) is 0 Å². The Hall–Kier alpha value is -1.01. The van der Waals surface area contributed by atoms with Crippen molar-refractivity contribution in [1.29, 1.82) is 0 Å². The number of esters is 1. The van der Waals surface area contributed by atoms with Crippen LogP contribution >= 0.6 is 46.1 Å². The van der Waals surface area contributed by atoms with E-state index >= 15 is 0 Å². The van der Waals surface area contributed by atoms with Gasteiger partial charge < -0.3 is 9.30 Å². The number of halogens is 3. The molecule has 0 saturated heterocycles. The standard InChI is InChI=1S/C12H8Cl3NO3S/c1-19-11(18)9-4-7(10(17)12(13,14)15)5-16(9)8-2-3-20-6-8/h2-6H,1H3. The Bertz CT molecular complexity index is 643. The molecule has 0 bridgehead atoms. The molecule has 0 fully saturated rings. The molecule has 2 rings (SSSR count). The lowest BCUT2D eigenvalue weighted by Gasteiger charge is -2.06. The smallest absolute Gasteiger partial charge is 0.355 e. The van der Waals surface area contributed by atoms with Gasteiger partial charge in [-0.15, -0.1) is 0 Å². The number of thiophene rings is 1. The van der Waals surface area contributed by atoms with Gasteiger partial charge in [0.15, 0.2) is 0 Å². The van der Waals surface area contributed by atoms with E-state index in [-0.39, 0.29) is 11.3 Å². The molecule has 0 amide bonds. The minimum absolute atomic E-state index is 0.122. The number of methoxy groups -OCH3 is 1. The first kappa shape index (κ1) is 15.4. The lowest BCUT2D eigenvalue weighted by atomic mass is 10.2. The van der Waals surface area contributed by atoms with Gasteiger partial charge in [-0.2, -0.15) is 11.3 Å². The second-order valence-electron chi connectivity index (χ2n) is 3.78. The molecule has 2 aromatic rings. The van der Waals surface area contributed by atoms with Crippen molar-refractivity contribution in [2.45, 2.75) is 3.79 Å². The zero-order valence-electron chi connectivity index (χ0n) is 10.1. The number of carbonyl (C=O) groups is 2. The van der Waals surface area contributed by atoms with Crippen molar-refractivity contribution >= 4 is 57.9 Å². The molecular formula is C12H8Cl3NO3S. The molecule has 2 heterocycles. The number of hydrogen-bond acceptors (Lipinski definition) is 4. The largest absolute Gasteiger partial charge is 0.464 e. The number of alkyl halides is 3. The predicted octanol–water partition coefficient (Wildman–Crippen LogP) is 3.88. The minimum atomic E-state index is -2.08. The van der Waals surface area contributed by atoms with E-state index in [0.717, 1.165) is 5.69 Å². The molecule has 0 spiro atoms. The Morgan fingerprint density at radius 2 is 2.05 bits per heavy atom. The Morgan fingerprint density at radius 3 is 2.55 bits per heavy atom. The van der Waals surface area contributed by atoms with Crippen LogP contribution in [0.3, 0.4) is 0 Å². The summed E-state index contributed by atoms with van der Waals surface area (Å²) in [4.78, 5) is 23.7. The topological polar surface area (TPSA) is 48.3 Å². The van der Waals surface area contributed by atoms with Crippen LogP contribution in [0.2, 0.25) is 0 Å². The van der Waals surface area contributed by atoms with E-state index in [0.29, 0.717) is 0 Å². The van der Waals surface area contributed by atoms with E-state index in [4.69, 9.17) is 34.8 Å². The van der Waals surface area contributed by atoms with Crippen LogP contribution in [-0.4, -0.2) is 27.2 Å². The molecule has 0 atom stereocenters. The summed E-state index contributed by atoms with van der Waals surface area (Å²) in [6, 6.07) is 3.13. The second-order valence-corrected chi connectivity index (χ2v) is 6.85. The Morgan fingerprint density at radius 1 is 1.35 bits per heavy atom. The minimum Gasteiger partial charge on any atom is -0.464 e. The molecule has 0 unspecified atom stereocenters. The third-order valence-electron chi connectivity index (χ3n) is 2.52. The first-order valence-corrected chi connectivity index (χ1v) is 7.37. The van der Waals surface area contributed by atoms with Gasteiger partial charge in [-0.1, -0.05) is 34.8 Å². The summed E-state index contributed by atoms with van der Waals surface area (Å²) >= 11 is 18.2. The van der Waals surface area contributed by atoms with Gasteiger partial charge in [-0.3, -0.25) is 4.79 Å². The van der Waals surface area contributed by atoms with Crippen molar-refractivity contribution in [3.05, 3.63) is 40.3 Å². The normalized spacial score (nSPS) is 11.4. The zero-order chi connectivity index (χ0) is 14.9. The van der Waals surface area contributed by atoms with Crippen molar-refractivity contribution in [2.24, 2.45) is 0 Å². The van der Waals surface area contributed by atoms with Gasteiger partial charge in [-0.05, 0) is 17.5 Å². The van der Waals surface area contributed by atoms with Crippen LogP contribution in [0, 0.1) is 0 Å². The monoisotopic (exact) mass is 351 g/mol. The van der Waals surface area contributed by atoms with E-state index in [2.05, 4.69) is 4.74 Å². The van der Waals surface area contributed by atoms with Crippen LogP contribution in [0.5, 0.6) is 0 Å². The highest BCUT2D eigenvalue weighted by atomic mass is 35.6. The number of Topliss-reactive ketones (excluding diaryl/α,β-unsaturated/α-hetero) is 1. The lowest BCUT2D eigenvalue weighted by Crippen LogP contribution is -2.18. The highest BCUT2D eigenvalue weighted by molar-refractivity contribution is 7.08. The van der Waals surface area contributed by atoms with E-state index in [1.54, 1.807) is 6.07 Å². The average Bonchev–Trinajstić information content (AvgIpc) is 3.04. The van der Waals surface area contributed by atoms with E-state index < -0.39 is 15.5 Å². The lowest BCUT2D eigenvalue weighted by molar-refractivity contribution is 0.0591. The number of ether oxygens (including phenoxy) is 1. The first-order chi connectivity index (χ1) is 9.34. The quantitative estimate of drug-likeness (QED) is 0.478. The molecule has 0 aliphatic rings. The predicted molar refractivity (Wildman–Crippen MR) is 79.6 cm³/mol. The van der Waals surface area contributed by atoms with Crippen LogP contribution in [0.4, 0.5) is 0 Å². The van der Waals surface area contributed by atoms with Gasteiger partial charge in [0.1, 0.15) is 5.69 Å². The highest BCUT2D eigenvalue weighted by Gasteiger charge is 2.33. The maximum Gasteiger partial charge on any atom is 0.355 e. The van der Waals surface area contributed by atoms with Crippen molar-refractivity contribution in [2.75, 3.05) is 7.11 Å². The van der Waals surface area contributed by atoms with E-state index in [1.165, 1.54) is 35.3 Å². The van der Waals surface area contributed by atoms with Crippen molar-refractivity contribution in [1.82, 2.24) is 4.57 Å². The summed E-state index contributed by atoms with van der Waals surface area (Å²) in [6.07, 6.45) is 1.44. The molecule has 4 nitrogen and oxygen atoms in total. The second kappa shape index (κ2) is 5.77. The number of ketones is 1. The molecule has 0 aromatic carbocycles. The summed E-state index contributed by atoms with van der Waals surface area (Å²) < 4.78 is 4.13. The van der Waals surface area contributed by atoms with Crippen LogP contribution in [0.25, 0.3) is 5.69 Å². The number of hydrogen-bond donors (Lipinski definition) is 0.